The lowest BCUT2D eigenvalue weighted by atomic mass is 10.0. The van der Waals surface area contributed by atoms with E-state index in [1.54, 1.807) is 36.8 Å². The van der Waals surface area contributed by atoms with Gasteiger partial charge in [0.1, 0.15) is 5.75 Å². The summed E-state index contributed by atoms with van der Waals surface area (Å²) < 4.78 is 17.8. The molecule has 7 nitrogen and oxygen atoms in total. The van der Waals surface area contributed by atoms with E-state index in [1.165, 1.54) is 6.07 Å². The van der Waals surface area contributed by atoms with E-state index in [-0.39, 0.29) is 17.7 Å². The number of nitrogens with zero attached hydrogens (tertiary/aromatic N) is 1. The number of carbonyl (C=O) groups is 1. The Morgan fingerprint density at radius 1 is 1.35 bits per heavy atom. The number of carboxylic acids is 1. The monoisotopic (exact) mass is 359 g/mol. The molecule has 0 saturated carbocycles. The van der Waals surface area contributed by atoms with E-state index < -0.39 is 12.3 Å². The first-order valence-electron chi connectivity index (χ1n) is 8.42. The van der Waals surface area contributed by atoms with Crippen LogP contribution in [0, 0.1) is 0 Å². The molecule has 0 amide bonds. The lowest BCUT2D eigenvalue weighted by Crippen LogP contribution is -2.27. The molecular formula is C19H21NO6. The molecule has 7 heteroatoms. The number of fused-ring (bicyclic) bond motifs is 1. The Bertz CT molecular complexity index is 908. The number of ether oxygens (including phenoxy) is 3. The van der Waals surface area contributed by atoms with E-state index in [9.17, 15) is 14.7 Å². The molecule has 0 atom stereocenters. The lowest BCUT2D eigenvalue weighted by Gasteiger charge is -2.16. The summed E-state index contributed by atoms with van der Waals surface area (Å²) in [5, 5.41) is 10.1. The van der Waals surface area contributed by atoms with Crippen LogP contribution in [0.5, 0.6) is 5.75 Å². The summed E-state index contributed by atoms with van der Waals surface area (Å²) in [6.07, 6.45) is 1.43. The van der Waals surface area contributed by atoms with Gasteiger partial charge in [-0.1, -0.05) is 6.92 Å². The highest BCUT2D eigenvalue weighted by atomic mass is 16.7. The smallest absolute Gasteiger partial charge is 0.331 e. The Kier molecular flexibility index (Phi) is 5.39. The van der Waals surface area contributed by atoms with E-state index >= 15 is 0 Å². The number of hydrogen-bond donors (Lipinski definition) is 1. The predicted molar refractivity (Wildman–Crippen MR) is 96.4 cm³/mol. The molecule has 1 N–H and O–H groups in total. The number of aliphatic carboxylic acids is 1. The van der Waals surface area contributed by atoms with Crippen LogP contribution in [0.25, 0.3) is 17.0 Å². The standard InChI is InChI=1S/C19H21NO6/c1-3-12(19(22)23)8-13-9-17(21)20(11-18-25-6-7-26-18)16-10-14(24-2)4-5-15(13)16/h4-5,8-10,18H,3,6-7,11H2,1-2H3,(H,22,23). The summed E-state index contributed by atoms with van der Waals surface area (Å²) in [5.74, 6) is -0.389. The summed E-state index contributed by atoms with van der Waals surface area (Å²) in [6.45, 7) is 3.02. The first kappa shape index (κ1) is 18.2. The fourth-order valence-electron chi connectivity index (χ4n) is 2.99. The van der Waals surface area contributed by atoms with Crippen molar-refractivity contribution in [1.82, 2.24) is 4.57 Å². The molecular weight excluding hydrogens is 338 g/mol. The van der Waals surface area contributed by atoms with Gasteiger partial charge in [0.05, 0.1) is 32.4 Å². The van der Waals surface area contributed by atoms with Crippen molar-refractivity contribution < 1.29 is 24.1 Å². The van der Waals surface area contributed by atoms with Crippen molar-refractivity contribution in [1.29, 1.82) is 0 Å². The van der Waals surface area contributed by atoms with Crippen LogP contribution in [-0.4, -0.2) is 42.3 Å². The van der Waals surface area contributed by atoms with Gasteiger partial charge in [-0.25, -0.2) is 4.79 Å². The molecule has 0 spiro atoms. The fraction of sp³-hybridized carbons (Fsp3) is 0.368. The molecule has 138 valence electrons. The Hall–Kier alpha value is -2.64. The van der Waals surface area contributed by atoms with Crippen molar-refractivity contribution >= 4 is 22.9 Å². The van der Waals surface area contributed by atoms with Gasteiger partial charge in [-0.15, -0.1) is 0 Å². The van der Waals surface area contributed by atoms with Crippen molar-refractivity contribution in [2.24, 2.45) is 0 Å². The van der Waals surface area contributed by atoms with E-state index in [4.69, 9.17) is 14.2 Å². The van der Waals surface area contributed by atoms with Gasteiger partial charge in [-0.3, -0.25) is 4.79 Å². The summed E-state index contributed by atoms with van der Waals surface area (Å²) in [6, 6.07) is 6.81. The number of pyridine rings is 1. The molecule has 2 heterocycles. The van der Waals surface area contributed by atoms with Crippen LogP contribution >= 0.6 is 0 Å². The zero-order valence-electron chi connectivity index (χ0n) is 14.7. The molecule has 26 heavy (non-hydrogen) atoms. The highest BCUT2D eigenvalue weighted by Crippen LogP contribution is 2.25. The Morgan fingerprint density at radius 2 is 2.08 bits per heavy atom. The van der Waals surface area contributed by atoms with Crippen LogP contribution < -0.4 is 10.3 Å². The van der Waals surface area contributed by atoms with Crippen LogP contribution in [0.4, 0.5) is 0 Å². The molecule has 1 aliphatic rings. The fourth-order valence-corrected chi connectivity index (χ4v) is 2.99. The second-order valence-corrected chi connectivity index (χ2v) is 5.93. The first-order chi connectivity index (χ1) is 12.5. The maximum atomic E-state index is 12.7. The molecule has 1 aliphatic heterocycles. The summed E-state index contributed by atoms with van der Waals surface area (Å²) in [4.78, 5) is 24.1. The second kappa shape index (κ2) is 7.72. The maximum Gasteiger partial charge on any atom is 0.331 e. The quantitative estimate of drug-likeness (QED) is 0.796. The molecule has 1 aromatic carbocycles. The molecule has 1 fully saturated rings. The van der Waals surface area contributed by atoms with Crippen LogP contribution in [0.2, 0.25) is 0 Å². The lowest BCUT2D eigenvalue weighted by molar-refractivity contribution is -0.132. The maximum absolute atomic E-state index is 12.7. The van der Waals surface area contributed by atoms with Crippen molar-refractivity contribution in [2.75, 3.05) is 20.3 Å². The normalized spacial score (nSPS) is 15.5. The SMILES string of the molecule is CCC(=Cc1cc(=O)n(CC2OCCO2)c2cc(OC)ccc12)C(=O)O. The van der Waals surface area contributed by atoms with E-state index in [2.05, 4.69) is 0 Å². The van der Waals surface area contributed by atoms with Crippen LogP contribution in [0.3, 0.4) is 0 Å². The van der Waals surface area contributed by atoms with Gasteiger partial charge in [-0.2, -0.15) is 0 Å². The summed E-state index contributed by atoms with van der Waals surface area (Å²) in [5.41, 5.74) is 1.19. The van der Waals surface area contributed by atoms with Crippen molar-refractivity contribution in [3.8, 4) is 5.75 Å². The number of aromatic nitrogens is 1. The van der Waals surface area contributed by atoms with Gasteiger partial charge in [0.15, 0.2) is 6.29 Å². The van der Waals surface area contributed by atoms with Crippen LogP contribution in [0.15, 0.2) is 34.6 Å². The largest absolute Gasteiger partial charge is 0.497 e. The van der Waals surface area contributed by atoms with Crippen molar-refractivity contribution in [3.63, 3.8) is 0 Å². The third kappa shape index (κ3) is 3.63. The van der Waals surface area contributed by atoms with Gasteiger partial charge < -0.3 is 23.9 Å². The molecule has 1 saturated heterocycles. The third-order valence-corrected chi connectivity index (χ3v) is 4.36. The molecule has 3 rings (SSSR count). The van der Waals surface area contributed by atoms with Gasteiger partial charge in [0, 0.05) is 23.1 Å². The molecule has 0 bridgehead atoms. The van der Waals surface area contributed by atoms with E-state index in [1.807, 2.05) is 6.07 Å². The minimum absolute atomic E-state index is 0.238. The molecule has 0 aliphatic carbocycles. The minimum atomic E-state index is -0.994. The predicted octanol–water partition coefficient (Wildman–Crippen LogP) is 2.26. The second-order valence-electron chi connectivity index (χ2n) is 5.93. The molecule has 0 radical (unpaired) electrons. The van der Waals surface area contributed by atoms with Gasteiger partial charge in [-0.05, 0) is 30.2 Å². The van der Waals surface area contributed by atoms with Crippen molar-refractivity contribution in [2.45, 2.75) is 26.2 Å². The number of rotatable bonds is 6. The summed E-state index contributed by atoms with van der Waals surface area (Å²) >= 11 is 0. The van der Waals surface area contributed by atoms with E-state index in [0.29, 0.717) is 36.5 Å². The van der Waals surface area contributed by atoms with Gasteiger partial charge in [0.2, 0.25) is 0 Å². The Balaban J connectivity index is 2.19. The average Bonchev–Trinajstić information content (AvgIpc) is 3.14. The number of benzene rings is 1. The highest BCUT2D eigenvalue weighted by Gasteiger charge is 2.19. The van der Waals surface area contributed by atoms with Crippen LogP contribution in [-0.2, 0) is 20.8 Å². The Labute approximate surface area is 150 Å². The van der Waals surface area contributed by atoms with Gasteiger partial charge in [0.25, 0.3) is 5.56 Å². The average molecular weight is 359 g/mol. The molecule has 1 aromatic heterocycles. The van der Waals surface area contributed by atoms with Gasteiger partial charge >= 0.3 is 5.97 Å². The number of hydrogen-bond acceptors (Lipinski definition) is 5. The highest BCUT2D eigenvalue weighted by molar-refractivity contribution is 5.97. The molecule has 2 aromatic rings. The van der Waals surface area contributed by atoms with Crippen LogP contribution in [0.1, 0.15) is 18.9 Å². The number of methoxy groups -OCH3 is 1. The topological polar surface area (TPSA) is 87.0 Å². The first-order valence-corrected chi connectivity index (χ1v) is 8.42. The Morgan fingerprint density at radius 3 is 2.69 bits per heavy atom. The zero-order chi connectivity index (χ0) is 18.7. The summed E-state index contributed by atoms with van der Waals surface area (Å²) in [7, 11) is 1.55. The van der Waals surface area contributed by atoms with Crippen molar-refractivity contribution in [3.05, 3.63) is 45.8 Å². The molecule has 0 unspecified atom stereocenters. The third-order valence-electron chi connectivity index (χ3n) is 4.36. The van der Waals surface area contributed by atoms with E-state index in [0.717, 1.165) is 5.39 Å². The minimum Gasteiger partial charge on any atom is -0.497 e. The number of carboxylic acid groups (broad SMARTS) is 1. The zero-order valence-corrected chi connectivity index (χ0v) is 14.7.